The summed E-state index contributed by atoms with van der Waals surface area (Å²) >= 11 is 0. The van der Waals surface area contributed by atoms with Crippen LogP contribution in [-0.2, 0) is 11.2 Å². The maximum atomic E-state index is 12.0. The molecule has 0 radical (unpaired) electrons. The molecule has 1 aromatic heterocycles. The highest BCUT2D eigenvalue weighted by molar-refractivity contribution is 5.95. The maximum Gasteiger partial charge on any atom is 0.414 e. The molecule has 2 rings (SSSR count). The summed E-state index contributed by atoms with van der Waals surface area (Å²) in [4.78, 5) is 28.4. The zero-order valence-electron chi connectivity index (χ0n) is 11.1. The Labute approximate surface area is 111 Å². The van der Waals surface area contributed by atoms with Gasteiger partial charge in [-0.1, -0.05) is 0 Å². The second-order valence-electron chi connectivity index (χ2n) is 5.34. The van der Waals surface area contributed by atoms with Crippen LogP contribution >= 0.6 is 0 Å². The number of rotatable bonds is 1. The summed E-state index contributed by atoms with van der Waals surface area (Å²) in [5.74, 6) is -1.08. The van der Waals surface area contributed by atoms with Crippen molar-refractivity contribution in [3.63, 3.8) is 0 Å². The summed E-state index contributed by atoms with van der Waals surface area (Å²) in [5.41, 5.74) is 0.578. The van der Waals surface area contributed by atoms with Gasteiger partial charge < -0.3 is 9.84 Å². The maximum absolute atomic E-state index is 12.0. The first-order chi connectivity index (χ1) is 8.79. The van der Waals surface area contributed by atoms with E-state index in [1.165, 1.54) is 11.1 Å². The van der Waals surface area contributed by atoms with Crippen LogP contribution in [0.4, 0.5) is 10.5 Å². The van der Waals surface area contributed by atoms with Gasteiger partial charge in [-0.05, 0) is 33.3 Å². The van der Waals surface area contributed by atoms with E-state index < -0.39 is 17.7 Å². The van der Waals surface area contributed by atoms with Crippen molar-refractivity contribution >= 4 is 17.7 Å². The number of amides is 1. The van der Waals surface area contributed by atoms with Gasteiger partial charge in [0.25, 0.3) is 0 Å². The molecule has 1 N–H and O–H groups in total. The van der Waals surface area contributed by atoms with Crippen LogP contribution in [0.5, 0.6) is 0 Å². The van der Waals surface area contributed by atoms with E-state index in [0.717, 1.165) is 0 Å². The van der Waals surface area contributed by atoms with Gasteiger partial charge in [0.05, 0.1) is 5.69 Å². The number of aromatic carboxylic acids is 1. The Morgan fingerprint density at radius 3 is 2.68 bits per heavy atom. The van der Waals surface area contributed by atoms with Crippen molar-refractivity contribution in [2.24, 2.45) is 0 Å². The van der Waals surface area contributed by atoms with Crippen LogP contribution in [0.1, 0.15) is 36.8 Å². The molecular formula is C13H16N2O4. The van der Waals surface area contributed by atoms with Gasteiger partial charge in [0.15, 0.2) is 5.69 Å². The van der Waals surface area contributed by atoms with E-state index in [4.69, 9.17) is 9.84 Å². The minimum Gasteiger partial charge on any atom is -0.477 e. The molecule has 6 heteroatoms. The fourth-order valence-corrected chi connectivity index (χ4v) is 2.02. The van der Waals surface area contributed by atoms with Gasteiger partial charge in [-0.25, -0.2) is 14.6 Å². The zero-order chi connectivity index (χ0) is 14.2. The summed E-state index contributed by atoms with van der Waals surface area (Å²) in [7, 11) is 0. The van der Waals surface area contributed by atoms with Crippen LogP contribution in [0.2, 0.25) is 0 Å². The first-order valence-electron chi connectivity index (χ1n) is 6.01. The van der Waals surface area contributed by atoms with Gasteiger partial charge in [-0.15, -0.1) is 0 Å². The van der Waals surface area contributed by atoms with Crippen molar-refractivity contribution in [2.75, 3.05) is 11.4 Å². The lowest BCUT2D eigenvalue weighted by Crippen LogP contribution is -2.35. The van der Waals surface area contributed by atoms with E-state index in [-0.39, 0.29) is 5.69 Å². The smallest absolute Gasteiger partial charge is 0.414 e. The Balaban J connectivity index is 2.30. The number of carboxylic acids is 1. The lowest BCUT2D eigenvalue weighted by atomic mass is 10.1. The number of ether oxygens (including phenoxy) is 1. The Kier molecular flexibility index (Phi) is 3.18. The van der Waals surface area contributed by atoms with E-state index in [9.17, 15) is 9.59 Å². The first kappa shape index (κ1) is 13.3. The number of pyridine rings is 1. The lowest BCUT2D eigenvalue weighted by molar-refractivity contribution is 0.0582. The molecule has 6 nitrogen and oxygen atoms in total. The molecule has 0 aliphatic carbocycles. The van der Waals surface area contributed by atoms with Crippen molar-refractivity contribution in [2.45, 2.75) is 32.8 Å². The predicted octanol–water partition coefficient (Wildman–Crippen LogP) is 2.08. The number of anilines is 1. The zero-order valence-corrected chi connectivity index (χ0v) is 11.1. The minimum absolute atomic E-state index is 0.00330. The monoisotopic (exact) mass is 264 g/mol. The second kappa shape index (κ2) is 4.53. The van der Waals surface area contributed by atoms with Gasteiger partial charge in [-0.2, -0.15) is 0 Å². The molecule has 0 bridgehead atoms. The standard InChI is InChI=1S/C13H16N2O4/c1-13(2,3)19-12(18)15-7-5-8-9(15)4-6-14-10(8)11(16)17/h4,6H,5,7H2,1-3H3,(H,16,17). The number of fused-ring (bicyclic) bond motifs is 1. The highest BCUT2D eigenvalue weighted by Gasteiger charge is 2.31. The largest absolute Gasteiger partial charge is 0.477 e. The molecule has 0 saturated carbocycles. The summed E-state index contributed by atoms with van der Waals surface area (Å²) in [6.45, 7) is 5.78. The number of carboxylic acid groups (broad SMARTS) is 1. The van der Waals surface area contributed by atoms with Crippen molar-refractivity contribution < 1.29 is 19.4 Å². The Morgan fingerprint density at radius 2 is 2.11 bits per heavy atom. The number of carbonyl (C=O) groups excluding carboxylic acids is 1. The normalized spacial score (nSPS) is 14.2. The van der Waals surface area contributed by atoms with Gasteiger partial charge in [0.1, 0.15) is 5.60 Å². The van der Waals surface area contributed by atoms with Crippen LogP contribution in [0.3, 0.4) is 0 Å². The second-order valence-corrected chi connectivity index (χ2v) is 5.34. The molecule has 1 aliphatic heterocycles. The molecule has 1 amide bonds. The van der Waals surface area contributed by atoms with E-state index in [2.05, 4.69) is 4.98 Å². The number of nitrogens with zero attached hydrogens (tertiary/aromatic N) is 2. The fourth-order valence-electron chi connectivity index (χ4n) is 2.02. The molecular weight excluding hydrogens is 248 g/mol. The summed E-state index contributed by atoms with van der Waals surface area (Å²) in [6, 6.07) is 1.64. The third-order valence-corrected chi connectivity index (χ3v) is 2.72. The molecule has 1 aliphatic rings. The van der Waals surface area contributed by atoms with Crippen molar-refractivity contribution in [3.05, 3.63) is 23.5 Å². The summed E-state index contributed by atoms with van der Waals surface area (Å²) in [6.07, 6.45) is 1.41. The third-order valence-electron chi connectivity index (χ3n) is 2.72. The van der Waals surface area contributed by atoms with Gasteiger partial charge >= 0.3 is 12.1 Å². The molecule has 19 heavy (non-hydrogen) atoms. The molecule has 2 heterocycles. The average molecular weight is 264 g/mol. The minimum atomic E-state index is -1.08. The van der Waals surface area contributed by atoms with Gasteiger partial charge in [0.2, 0.25) is 0 Å². The fraction of sp³-hybridized carbons (Fsp3) is 0.462. The van der Waals surface area contributed by atoms with Crippen LogP contribution < -0.4 is 4.90 Å². The SMILES string of the molecule is CC(C)(C)OC(=O)N1CCc2c1ccnc2C(=O)O. The number of hydrogen-bond acceptors (Lipinski definition) is 4. The first-order valence-corrected chi connectivity index (χ1v) is 6.01. The van der Waals surface area contributed by atoms with Gasteiger partial charge in [0, 0.05) is 18.3 Å². The molecule has 0 saturated heterocycles. The Bertz CT molecular complexity index is 534. The quantitative estimate of drug-likeness (QED) is 0.840. The lowest BCUT2D eigenvalue weighted by Gasteiger charge is -2.24. The van der Waals surface area contributed by atoms with E-state index in [0.29, 0.717) is 24.2 Å². The van der Waals surface area contributed by atoms with Crippen molar-refractivity contribution in [3.8, 4) is 0 Å². The average Bonchev–Trinajstić information content (AvgIpc) is 2.69. The van der Waals surface area contributed by atoms with Crippen molar-refractivity contribution in [1.82, 2.24) is 4.98 Å². The molecule has 0 spiro atoms. The molecule has 1 aromatic rings. The van der Waals surface area contributed by atoms with Gasteiger partial charge in [-0.3, -0.25) is 4.90 Å². The topological polar surface area (TPSA) is 79.7 Å². The van der Waals surface area contributed by atoms with E-state index >= 15 is 0 Å². The summed E-state index contributed by atoms with van der Waals surface area (Å²) < 4.78 is 5.30. The van der Waals surface area contributed by atoms with Crippen molar-refractivity contribution in [1.29, 1.82) is 0 Å². The van der Waals surface area contributed by atoms with Crippen LogP contribution in [0.15, 0.2) is 12.3 Å². The highest BCUT2D eigenvalue weighted by atomic mass is 16.6. The number of carbonyl (C=O) groups is 2. The van der Waals surface area contributed by atoms with Crippen LogP contribution in [0, 0.1) is 0 Å². The molecule has 0 aromatic carbocycles. The van der Waals surface area contributed by atoms with Crippen LogP contribution in [0.25, 0.3) is 0 Å². The number of aromatic nitrogens is 1. The number of hydrogen-bond donors (Lipinski definition) is 1. The van der Waals surface area contributed by atoms with Crippen LogP contribution in [-0.4, -0.2) is 34.3 Å². The predicted molar refractivity (Wildman–Crippen MR) is 68.5 cm³/mol. The Morgan fingerprint density at radius 1 is 1.42 bits per heavy atom. The van der Waals surface area contributed by atoms with E-state index in [1.807, 2.05) is 0 Å². The molecule has 102 valence electrons. The third kappa shape index (κ3) is 2.67. The molecule has 0 fully saturated rings. The highest BCUT2D eigenvalue weighted by Crippen LogP contribution is 2.30. The molecule has 0 atom stereocenters. The Hall–Kier alpha value is -2.11. The summed E-state index contributed by atoms with van der Waals surface area (Å²) in [5, 5.41) is 9.06. The van der Waals surface area contributed by atoms with E-state index in [1.54, 1.807) is 26.8 Å². The molecule has 0 unspecified atom stereocenters.